The summed E-state index contributed by atoms with van der Waals surface area (Å²) in [6, 6.07) is -0.0620. The van der Waals surface area contributed by atoms with Crippen molar-refractivity contribution < 1.29 is 19.2 Å². The number of nitrogens with zero attached hydrogens (tertiary/aromatic N) is 4. The lowest BCUT2D eigenvalue weighted by atomic mass is 9.95. The van der Waals surface area contributed by atoms with E-state index < -0.39 is 11.8 Å². The number of aromatic amines is 1. The van der Waals surface area contributed by atoms with Crippen LogP contribution in [0.5, 0.6) is 0 Å². The number of nitrogens with one attached hydrogen (secondary N) is 3. The predicted molar refractivity (Wildman–Crippen MR) is 162 cm³/mol. The fourth-order valence-corrected chi connectivity index (χ4v) is 6.45. The topological polar surface area (TPSA) is 149 Å². The third kappa shape index (κ3) is 6.28. The van der Waals surface area contributed by atoms with Crippen LogP contribution in [0, 0.1) is 0 Å². The van der Waals surface area contributed by atoms with Gasteiger partial charge in [0, 0.05) is 32.8 Å². The van der Waals surface area contributed by atoms with E-state index in [2.05, 4.69) is 20.8 Å². The van der Waals surface area contributed by atoms with Crippen LogP contribution in [0.2, 0.25) is 0 Å². The molecule has 2 aliphatic carbocycles. The number of hydrazone groups is 1. The van der Waals surface area contributed by atoms with Crippen LogP contribution in [0.15, 0.2) is 39.4 Å². The minimum Gasteiger partial charge on any atom is -0.354 e. The quantitative estimate of drug-likeness (QED) is 0.314. The molecular formula is C31H41N7O5. The summed E-state index contributed by atoms with van der Waals surface area (Å²) < 4.78 is 1.55. The molecule has 12 nitrogen and oxygen atoms in total. The first-order valence-corrected chi connectivity index (χ1v) is 15.5. The van der Waals surface area contributed by atoms with Crippen molar-refractivity contribution in [3.05, 3.63) is 51.1 Å². The number of aromatic nitrogens is 2. The fraction of sp³-hybridized carbons (Fsp3) is 0.548. The predicted octanol–water partition coefficient (Wildman–Crippen LogP) is 2.76. The summed E-state index contributed by atoms with van der Waals surface area (Å²) in [5.41, 5.74) is 0.687. The van der Waals surface area contributed by atoms with Crippen LogP contribution in [0.25, 0.3) is 6.08 Å². The Bertz CT molecular complexity index is 1450. The van der Waals surface area contributed by atoms with Gasteiger partial charge < -0.3 is 15.5 Å². The number of carbonyl (C=O) groups excluding carboxylic acids is 4. The molecule has 4 amide bonds. The normalized spacial score (nSPS) is 21.8. The van der Waals surface area contributed by atoms with Gasteiger partial charge in [-0.05, 0) is 56.4 Å². The van der Waals surface area contributed by atoms with Crippen molar-refractivity contribution in [3.63, 3.8) is 0 Å². The van der Waals surface area contributed by atoms with Crippen molar-refractivity contribution in [3.8, 4) is 0 Å². The third-order valence-corrected chi connectivity index (χ3v) is 8.84. The zero-order chi connectivity index (χ0) is 30.5. The minimum atomic E-state index is -0.466. The molecule has 4 aliphatic rings. The minimum absolute atomic E-state index is 0.00498. The van der Waals surface area contributed by atoms with Crippen molar-refractivity contribution >= 4 is 35.4 Å². The van der Waals surface area contributed by atoms with E-state index in [0.29, 0.717) is 25.1 Å². The van der Waals surface area contributed by atoms with Gasteiger partial charge in [-0.15, -0.1) is 0 Å². The van der Waals surface area contributed by atoms with E-state index in [1.807, 2.05) is 0 Å². The zero-order valence-corrected chi connectivity index (χ0v) is 25.0. The first-order valence-electron chi connectivity index (χ1n) is 15.5. The highest BCUT2D eigenvalue weighted by atomic mass is 16.2. The number of carbonyl (C=O) groups is 4. The van der Waals surface area contributed by atoms with E-state index in [1.165, 1.54) is 25.2 Å². The van der Waals surface area contributed by atoms with Crippen molar-refractivity contribution in [2.75, 3.05) is 20.6 Å². The highest BCUT2D eigenvalue weighted by Crippen LogP contribution is 2.29. The smallest absolute Gasteiger partial charge is 0.276 e. The summed E-state index contributed by atoms with van der Waals surface area (Å²) in [7, 11) is 3.00. The van der Waals surface area contributed by atoms with Gasteiger partial charge in [0.05, 0.1) is 23.2 Å². The van der Waals surface area contributed by atoms with Crippen LogP contribution in [-0.2, 0) is 14.4 Å². The lowest BCUT2D eigenvalue weighted by Crippen LogP contribution is -2.35. The molecule has 3 heterocycles. The van der Waals surface area contributed by atoms with Crippen molar-refractivity contribution in [2.45, 2.75) is 89.1 Å². The Kier molecular flexibility index (Phi) is 9.42. The number of likely N-dealkylation sites (tertiary alicyclic amines) is 1. The number of hydrogen-bond donors (Lipinski definition) is 3. The first kappa shape index (κ1) is 30.2. The number of H-pyrrole nitrogens is 1. The van der Waals surface area contributed by atoms with E-state index in [0.717, 1.165) is 64.2 Å². The fourth-order valence-electron chi connectivity index (χ4n) is 6.45. The van der Waals surface area contributed by atoms with Gasteiger partial charge in [0.15, 0.2) is 5.71 Å². The van der Waals surface area contributed by atoms with Crippen LogP contribution >= 0.6 is 0 Å². The Hall–Kier alpha value is -4.22. The largest absolute Gasteiger partial charge is 0.354 e. The zero-order valence-electron chi connectivity index (χ0n) is 25.0. The lowest BCUT2D eigenvalue weighted by molar-refractivity contribution is -0.128. The van der Waals surface area contributed by atoms with Crippen LogP contribution in [0.1, 0.15) is 99.1 Å². The molecule has 0 spiro atoms. The molecule has 0 aromatic carbocycles. The molecule has 0 radical (unpaired) electrons. The molecule has 3 N–H and O–H groups in total. The molecule has 0 bridgehead atoms. The maximum atomic E-state index is 13.5. The monoisotopic (exact) mass is 591 g/mol. The second-order valence-corrected chi connectivity index (χ2v) is 11.6. The average Bonchev–Trinajstić information content (AvgIpc) is 3.72. The summed E-state index contributed by atoms with van der Waals surface area (Å²) in [5.74, 6) is -1.31. The Morgan fingerprint density at radius 1 is 0.884 bits per heavy atom. The van der Waals surface area contributed by atoms with Crippen LogP contribution in [0.4, 0.5) is 0 Å². The second kappa shape index (κ2) is 13.4. The van der Waals surface area contributed by atoms with Crippen LogP contribution in [0.3, 0.4) is 0 Å². The molecule has 2 aliphatic heterocycles. The summed E-state index contributed by atoms with van der Waals surface area (Å²) in [6.07, 6.45) is 17.0. The Morgan fingerprint density at radius 3 is 2.14 bits per heavy atom. The highest BCUT2D eigenvalue weighted by Gasteiger charge is 2.38. The summed E-state index contributed by atoms with van der Waals surface area (Å²) in [4.78, 5) is 66.9. The molecule has 5 rings (SSSR count). The maximum Gasteiger partial charge on any atom is 0.276 e. The van der Waals surface area contributed by atoms with Crippen LogP contribution in [-0.4, -0.2) is 75.7 Å². The maximum absolute atomic E-state index is 13.5. The summed E-state index contributed by atoms with van der Waals surface area (Å²) >= 11 is 0. The van der Waals surface area contributed by atoms with Gasteiger partial charge >= 0.3 is 0 Å². The van der Waals surface area contributed by atoms with E-state index >= 15 is 0 Å². The molecule has 3 fully saturated rings. The van der Waals surface area contributed by atoms with Gasteiger partial charge in [-0.25, -0.2) is 9.69 Å². The molecule has 1 aromatic heterocycles. The average molecular weight is 592 g/mol. The molecular weight excluding hydrogens is 550 g/mol. The van der Waals surface area contributed by atoms with Gasteiger partial charge in [-0.2, -0.15) is 5.10 Å². The summed E-state index contributed by atoms with van der Waals surface area (Å²) in [6.45, 7) is 0.471. The van der Waals surface area contributed by atoms with Gasteiger partial charge in [0.1, 0.15) is 5.69 Å². The molecule has 1 saturated heterocycles. The molecule has 0 unspecified atom stereocenters. The van der Waals surface area contributed by atoms with E-state index in [-0.39, 0.29) is 52.0 Å². The molecule has 1 aromatic rings. The van der Waals surface area contributed by atoms with Crippen LogP contribution < -0.4 is 16.2 Å². The Balaban J connectivity index is 1.52. The van der Waals surface area contributed by atoms with Crippen molar-refractivity contribution in [2.24, 2.45) is 5.10 Å². The third-order valence-electron chi connectivity index (χ3n) is 8.84. The standard InChI is InChI=1S/C31H41N7O5/c1-32-28(40)26-23(30(42)37(34-26)21-10-5-3-6-11-21)17-15-20(36-19-9-14-25(36)39)16-18-24-27(29(41)33-2)35-38(31(24)43)22-12-7-4-8-13-22/h15-18,21-22,34H,3-14,19H2,1-2H3,(H,32,40)(H,33,41)/b17-15?,20-16?,24-18-. The SMILES string of the molecule is CNC(=O)C1=NN(C2CCCCC2)C(=O)/C1=C\C=C(C=Cc1c(C(=O)NC)[nH]n(C2CCCCC2)c1=O)N1CCCC1=O. The van der Waals surface area contributed by atoms with E-state index in [1.54, 1.807) is 27.8 Å². The number of amides is 4. The van der Waals surface area contributed by atoms with E-state index in [4.69, 9.17) is 0 Å². The molecule has 43 heavy (non-hydrogen) atoms. The molecule has 2 saturated carbocycles. The molecule has 12 heteroatoms. The Labute approximate surface area is 250 Å². The van der Waals surface area contributed by atoms with Gasteiger partial charge in [-0.1, -0.05) is 38.5 Å². The summed E-state index contributed by atoms with van der Waals surface area (Å²) in [5, 5.41) is 14.1. The number of rotatable bonds is 8. The first-order chi connectivity index (χ1) is 20.8. The van der Waals surface area contributed by atoms with Gasteiger partial charge in [-0.3, -0.25) is 29.1 Å². The van der Waals surface area contributed by atoms with Crippen molar-refractivity contribution in [1.82, 2.24) is 30.3 Å². The number of hydrogen-bond acceptors (Lipinski definition) is 6. The second-order valence-electron chi connectivity index (χ2n) is 11.6. The lowest BCUT2D eigenvalue weighted by Gasteiger charge is -2.27. The van der Waals surface area contributed by atoms with Gasteiger partial charge in [0.2, 0.25) is 5.91 Å². The Morgan fingerprint density at radius 2 is 1.53 bits per heavy atom. The van der Waals surface area contributed by atoms with E-state index in [9.17, 15) is 24.0 Å². The number of allylic oxidation sites excluding steroid dienone is 3. The van der Waals surface area contributed by atoms with Gasteiger partial charge in [0.25, 0.3) is 23.3 Å². The highest BCUT2D eigenvalue weighted by molar-refractivity contribution is 6.52. The van der Waals surface area contributed by atoms with Crippen molar-refractivity contribution in [1.29, 1.82) is 0 Å². The molecule has 0 atom stereocenters. The molecule has 230 valence electrons.